The predicted octanol–water partition coefficient (Wildman–Crippen LogP) is 4.62. The van der Waals surface area contributed by atoms with Gasteiger partial charge >= 0.3 is 0 Å². The van der Waals surface area contributed by atoms with Crippen LogP contribution in [0.4, 0.5) is 0 Å². The minimum atomic E-state index is -1.58. The molecule has 2 unspecified atom stereocenters. The second-order valence-electron chi connectivity index (χ2n) is 12.6. The first-order valence-corrected chi connectivity index (χ1v) is 13.4. The number of allylic oxidation sites excluding steroid dienone is 3. The van der Waals surface area contributed by atoms with Crippen LogP contribution in [0, 0.1) is 46.8 Å². The van der Waals surface area contributed by atoms with E-state index in [-0.39, 0.29) is 47.0 Å². The topological polar surface area (TPSA) is 75.6 Å². The van der Waals surface area contributed by atoms with Crippen LogP contribution in [-0.2, 0) is 16.0 Å². The van der Waals surface area contributed by atoms with Crippen LogP contribution in [0.3, 0.4) is 0 Å². The fourth-order valence-electron chi connectivity index (χ4n) is 9.24. The molecule has 0 spiro atoms. The van der Waals surface area contributed by atoms with Crippen LogP contribution in [0.15, 0.2) is 60.2 Å². The maximum atomic E-state index is 14.3. The van der Waals surface area contributed by atoms with Gasteiger partial charge in [-0.2, -0.15) is 0 Å². The van der Waals surface area contributed by atoms with E-state index in [1.807, 2.05) is 30.3 Å². The SMILES string of the molecule is C=C[C@@H]1C=C(C)[C@H]2[C@H]3[C@H]1C(=O)C1=C[C@](O)(Cc4ccc(cc4)O[C@@H]3C3C(C)C[C@@H](C)C[C@]32C)NC1=O. The molecule has 2 N–H and O–H groups in total. The number of nitrogens with one attached hydrogen (secondary N) is 1. The molecule has 3 aliphatic heterocycles. The fourth-order valence-corrected chi connectivity index (χ4v) is 9.24. The predicted molar refractivity (Wildman–Crippen MR) is 138 cm³/mol. The van der Waals surface area contributed by atoms with Gasteiger partial charge < -0.3 is 15.2 Å². The number of hydrogen-bond acceptors (Lipinski definition) is 4. The van der Waals surface area contributed by atoms with Crippen LogP contribution < -0.4 is 10.1 Å². The molecule has 0 saturated heterocycles. The van der Waals surface area contributed by atoms with Crippen molar-refractivity contribution in [3.8, 4) is 5.75 Å². The van der Waals surface area contributed by atoms with Gasteiger partial charge in [-0.25, -0.2) is 0 Å². The smallest absolute Gasteiger partial charge is 0.257 e. The lowest BCUT2D eigenvalue weighted by molar-refractivity contribution is -0.128. The van der Waals surface area contributed by atoms with Crippen molar-refractivity contribution in [2.75, 3.05) is 0 Å². The molecule has 6 aliphatic rings. The Morgan fingerprint density at radius 3 is 2.61 bits per heavy atom. The first-order chi connectivity index (χ1) is 17.0. The molecular weight excluding hydrogens is 450 g/mol. The lowest BCUT2D eigenvalue weighted by Crippen LogP contribution is -2.46. The third-order valence-corrected chi connectivity index (χ3v) is 10.0. The molecule has 1 aromatic rings. The van der Waals surface area contributed by atoms with Crippen molar-refractivity contribution in [3.63, 3.8) is 0 Å². The highest BCUT2D eigenvalue weighted by Crippen LogP contribution is 2.67. The molecule has 5 heteroatoms. The zero-order valence-electron chi connectivity index (χ0n) is 21.7. The van der Waals surface area contributed by atoms with E-state index >= 15 is 0 Å². The quantitative estimate of drug-likeness (QED) is 0.448. The second kappa shape index (κ2) is 7.92. The van der Waals surface area contributed by atoms with Crippen LogP contribution in [0.25, 0.3) is 0 Å². The van der Waals surface area contributed by atoms with Crippen molar-refractivity contribution < 1.29 is 19.4 Å². The number of benzene rings is 1. The monoisotopic (exact) mass is 487 g/mol. The van der Waals surface area contributed by atoms with E-state index in [1.165, 1.54) is 11.6 Å². The zero-order chi connectivity index (χ0) is 25.6. The molecule has 2 saturated carbocycles. The Labute approximate surface area is 213 Å². The summed E-state index contributed by atoms with van der Waals surface area (Å²) in [4.78, 5) is 27.4. The summed E-state index contributed by atoms with van der Waals surface area (Å²) < 4.78 is 6.91. The number of Topliss-reactive ketones (excluding diaryl/α,β-unsaturated/α-hetero) is 1. The van der Waals surface area contributed by atoms with Crippen molar-refractivity contribution >= 4 is 11.7 Å². The first kappa shape index (κ1) is 23.7. The summed E-state index contributed by atoms with van der Waals surface area (Å²) in [5, 5.41) is 13.9. The van der Waals surface area contributed by atoms with Gasteiger partial charge in [0.05, 0.1) is 5.57 Å². The highest BCUT2D eigenvalue weighted by molar-refractivity contribution is 6.22. The van der Waals surface area contributed by atoms with E-state index in [1.54, 1.807) is 0 Å². The maximum absolute atomic E-state index is 14.3. The Morgan fingerprint density at radius 2 is 1.92 bits per heavy atom. The molecule has 10 atom stereocenters. The zero-order valence-corrected chi connectivity index (χ0v) is 21.7. The van der Waals surface area contributed by atoms with Crippen LogP contribution in [-0.4, -0.2) is 28.6 Å². The third kappa shape index (κ3) is 3.31. The fraction of sp³-hybridized carbons (Fsp3) is 0.548. The van der Waals surface area contributed by atoms with E-state index in [4.69, 9.17) is 4.74 Å². The molecule has 5 nitrogen and oxygen atoms in total. The summed E-state index contributed by atoms with van der Waals surface area (Å²) in [5.74, 6) is 0.862. The number of ketones is 1. The largest absolute Gasteiger partial charge is 0.490 e. The summed E-state index contributed by atoms with van der Waals surface area (Å²) in [6.07, 6.45) is 7.78. The Bertz CT molecular complexity index is 1200. The van der Waals surface area contributed by atoms with E-state index in [0.29, 0.717) is 17.8 Å². The summed E-state index contributed by atoms with van der Waals surface area (Å²) in [6.45, 7) is 13.4. The van der Waals surface area contributed by atoms with Gasteiger partial charge in [0.15, 0.2) is 11.5 Å². The van der Waals surface area contributed by atoms with Crippen LogP contribution in [0.2, 0.25) is 0 Å². The Morgan fingerprint density at radius 1 is 1.19 bits per heavy atom. The number of aliphatic hydroxyl groups is 1. The molecule has 36 heavy (non-hydrogen) atoms. The van der Waals surface area contributed by atoms with Crippen LogP contribution >= 0.6 is 0 Å². The number of fused-ring (bicyclic) bond motifs is 4. The Kier molecular flexibility index (Phi) is 5.22. The number of amides is 1. The van der Waals surface area contributed by atoms with E-state index in [0.717, 1.165) is 24.2 Å². The van der Waals surface area contributed by atoms with Crippen molar-refractivity contribution in [1.82, 2.24) is 5.32 Å². The second-order valence-corrected chi connectivity index (χ2v) is 12.6. The van der Waals surface area contributed by atoms with Gasteiger partial charge in [0, 0.05) is 30.1 Å². The number of hydrogen-bond donors (Lipinski definition) is 2. The molecule has 0 radical (unpaired) electrons. The molecular formula is C31H37NO4. The van der Waals surface area contributed by atoms with Crippen LogP contribution in [0.1, 0.15) is 46.1 Å². The molecule has 4 bridgehead atoms. The molecule has 190 valence electrons. The lowest BCUT2D eigenvalue weighted by Gasteiger charge is -2.48. The van der Waals surface area contributed by atoms with Gasteiger partial charge in [-0.15, -0.1) is 6.58 Å². The third-order valence-electron chi connectivity index (χ3n) is 10.0. The Hall–Kier alpha value is -2.66. The average Bonchev–Trinajstić information content (AvgIpc) is 3.24. The summed E-state index contributed by atoms with van der Waals surface area (Å²) in [6, 6.07) is 7.82. The molecule has 2 fully saturated rings. The van der Waals surface area contributed by atoms with E-state index in [2.05, 4.69) is 45.7 Å². The van der Waals surface area contributed by atoms with Gasteiger partial charge in [-0.1, -0.05) is 50.6 Å². The van der Waals surface area contributed by atoms with Crippen molar-refractivity contribution in [3.05, 3.63) is 65.8 Å². The maximum Gasteiger partial charge on any atom is 0.257 e. The molecule has 3 aliphatic carbocycles. The standard InChI is InChI=1S/C31H37NO4/c1-6-20-12-18(4)25-24-23(20)27(33)22-15-31(35,32-29(22)34)14-19-7-9-21(10-8-19)36-28(24)26-17(3)11-16(2)13-30(25,26)5/h6-10,12,15-17,20,23-26,28,35H,1,11,13-14H2,2-5H3,(H,32,34)/t16-,17?,20-,23+,24-,25+,26?,28+,30+,31-/m1/s1. The molecule has 3 heterocycles. The minimum Gasteiger partial charge on any atom is -0.490 e. The summed E-state index contributed by atoms with van der Waals surface area (Å²) >= 11 is 0. The normalized spacial score (nSPS) is 45.1. The highest BCUT2D eigenvalue weighted by Gasteiger charge is 2.66. The number of carbonyl (C=O) groups is 2. The van der Waals surface area contributed by atoms with Gasteiger partial charge in [-0.05, 0) is 66.7 Å². The average molecular weight is 488 g/mol. The van der Waals surface area contributed by atoms with Gasteiger partial charge in [0.1, 0.15) is 11.9 Å². The molecule has 1 aromatic carbocycles. The van der Waals surface area contributed by atoms with Crippen molar-refractivity contribution in [2.24, 2.45) is 46.8 Å². The van der Waals surface area contributed by atoms with Gasteiger partial charge in [0.2, 0.25) is 0 Å². The van der Waals surface area contributed by atoms with Crippen LogP contribution in [0.5, 0.6) is 5.75 Å². The van der Waals surface area contributed by atoms with Crippen molar-refractivity contribution in [1.29, 1.82) is 0 Å². The lowest BCUT2D eigenvalue weighted by atomic mass is 9.55. The number of carbonyl (C=O) groups excluding carboxylic acids is 2. The number of rotatable bonds is 1. The molecule has 1 amide bonds. The molecule has 7 rings (SSSR count). The summed E-state index contributed by atoms with van der Waals surface area (Å²) in [5.41, 5.74) is 0.635. The Balaban J connectivity index is 1.59. The highest BCUT2D eigenvalue weighted by atomic mass is 16.5. The number of ether oxygens (including phenoxy) is 1. The van der Waals surface area contributed by atoms with E-state index < -0.39 is 17.6 Å². The van der Waals surface area contributed by atoms with Crippen molar-refractivity contribution in [2.45, 2.75) is 58.8 Å². The van der Waals surface area contributed by atoms with E-state index in [9.17, 15) is 14.7 Å². The minimum absolute atomic E-state index is 0.0122. The molecule has 0 aromatic heterocycles. The first-order valence-electron chi connectivity index (χ1n) is 13.4. The van der Waals surface area contributed by atoms with Gasteiger partial charge in [-0.3, -0.25) is 9.59 Å². The van der Waals surface area contributed by atoms with Gasteiger partial charge in [0.25, 0.3) is 5.91 Å². The summed E-state index contributed by atoms with van der Waals surface area (Å²) in [7, 11) is 0.